The van der Waals surface area contributed by atoms with E-state index >= 15 is 0 Å². The van der Waals surface area contributed by atoms with Crippen molar-refractivity contribution in [1.29, 1.82) is 0 Å². The van der Waals surface area contributed by atoms with Gasteiger partial charge in [0.1, 0.15) is 6.54 Å². The molecule has 8 nitrogen and oxygen atoms in total. The predicted molar refractivity (Wildman–Crippen MR) is 113 cm³/mol. The van der Waals surface area contributed by atoms with E-state index < -0.39 is 27.3 Å². The molecule has 3 fully saturated rings. The van der Waals surface area contributed by atoms with E-state index in [2.05, 4.69) is 5.32 Å². The lowest BCUT2D eigenvalue weighted by molar-refractivity contribution is -0.142. The number of hydrogen-bond donors (Lipinski definition) is 1. The van der Waals surface area contributed by atoms with E-state index in [1.54, 1.807) is 17.9 Å². The summed E-state index contributed by atoms with van der Waals surface area (Å²) in [5.74, 6) is -0.760. The second kappa shape index (κ2) is 7.96. The van der Waals surface area contributed by atoms with Crippen molar-refractivity contribution in [3.05, 3.63) is 22.4 Å². The molecule has 2 unspecified atom stereocenters. The fourth-order valence-electron chi connectivity index (χ4n) is 4.85. The van der Waals surface area contributed by atoms with E-state index in [9.17, 15) is 22.8 Å². The van der Waals surface area contributed by atoms with Gasteiger partial charge in [0.15, 0.2) is 15.4 Å². The van der Waals surface area contributed by atoms with Crippen molar-refractivity contribution < 1.29 is 22.8 Å². The third-order valence-corrected chi connectivity index (χ3v) is 9.28. The quantitative estimate of drug-likeness (QED) is 0.686. The molecule has 4 rings (SSSR count). The average molecular weight is 454 g/mol. The van der Waals surface area contributed by atoms with Crippen LogP contribution in [0.15, 0.2) is 17.5 Å². The number of carbonyl (C=O) groups is 3. The van der Waals surface area contributed by atoms with Crippen molar-refractivity contribution in [2.75, 3.05) is 18.1 Å². The van der Waals surface area contributed by atoms with Crippen LogP contribution in [0, 0.1) is 0 Å². The van der Waals surface area contributed by atoms with Crippen LogP contribution in [0.1, 0.15) is 50.3 Å². The van der Waals surface area contributed by atoms with Crippen molar-refractivity contribution in [1.82, 2.24) is 15.1 Å². The van der Waals surface area contributed by atoms with Crippen LogP contribution in [0.25, 0.3) is 0 Å². The van der Waals surface area contributed by atoms with Gasteiger partial charge in [0.25, 0.3) is 5.91 Å². The number of amides is 4. The van der Waals surface area contributed by atoms with Crippen LogP contribution < -0.4 is 5.32 Å². The van der Waals surface area contributed by atoms with E-state index in [-0.39, 0.29) is 36.0 Å². The van der Waals surface area contributed by atoms with Gasteiger partial charge in [-0.3, -0.25) is 14.5 Å². The number of carbonyl (C=O) groups excluding carboxylic acids is 3. The molecule has 1 N–H and O–H groups in total. The molecule has 10 heteroatoms. The largest absolute Gasteiger partial charge is 0.334 e. The van der Waals surface area contributed by atoms with Crippen LogP contribution in [0.3, 0.4) is 0 Å². The smallest absolute Gasteiger partial charge is 0.325 e. The summed E-state index contributed by atoms with van der Waals surface area (Å²) in [6.45, 7) is 1.28. The molecule has 1 aromatic rings. The van der Waals surface area contributed by atoms with Gasteiger partial charge in [-0.15, -0.1) is 11.3 Å². The number of thiophene rings is 1. The minimum atomic E-state index is -3.16. The predicted octanol–water partition coefficient (Wildman–Crippen LogP) is 1.86. The van der Waals surface area contributed by atoms with Gasteiger partial charge in [-0.25, -0.2) is 13.2 Å². The number of nitrogens with one attached hydrogen (secondary N) is 1. The molecule has 0 aromatic carbocycles. The Morgan fingerprint density at radius 2 is 1.97 bits per heavy atom. The number of nitrogens with zero attached hydrogens (tertiary/aromatic N) is 2. The summed E-state index contributed by atoms with van der Waals surface area (Å²) in [5.41, 5.74) is -1.18. The highest BCUT2D eigenvalue weighted by Gasteiger charge is 2.51. The number of sulfone groups is 1. The molecule has 0 radical (unpaired) electrons. The highest BCUT2D eigenvalue weighted by atomic mass is 32.2. The number of imide groups is 1. The Hall–Kier alpha value is -1.94. The van der Waals surface area contributed by atoms with Crippen molar-refractivity contribution in [3.63, 3.8) is 0 Å². The SMILES string of the molecule is CC1(c2cccs2)NC(=O)N(CC(=O)N(C2CCCCC2)C2CCS(=O)(=O)C2)C1=O. The van der Waals surface area contributed by atoms with Crippen LogP contribution in [0.2, 0.25) is 0 Å². The normalized spacial score (nSPS) is 29.2. The van der Waals surface area contributed by atoms with Crippen LogP contribution >= 0.6 is 11.3 Å². The maximum Gasteiger partial charge on any atom is 0.325 e. The maximum atomic E-state index is 13.3. The molecule has 164 valence electrons. The zero-order valence-corrected chi connectivity index (χ0v) is 18.6. The molecule has 2 aliphatic heterocycles. The Kier molecular flexibility index (Phi) is 5.65. The second-order valence-electron chi connectivity index (χ2n) is 8.57. The number of hydrogen-bond acceptors (Lipinski definition) is 6. The number of urea groups is 1. The van der Waals surface area contributed by atoms with Gasteiger partial charge in [-0.05, 0) is 37.6 Å². The Morgan fingerprint density at radius 3 is 2.57 bits per heavy atom. The molecular formula is C20H27N3O5S2. The fraction of sp³-hybridized carbons (Fsp3) is 0.650. The lowest BCUT2D eigenvalue weighted by Crippen LogP contribution is -2.53. The zero-order valence-electron chi connectivity index (χ0n) is 17.0. The summed E-state index contributed by atoms with van der Waals surface area (Å²) in [5, 5.41) is 4.55. The Labute approximate surface area is 180 Å². The molecule has 1 saturated carbocycles. The summed E-state index contributed by atoms with van der Waals surface area (Å²) in [6, 6.07) is 2.59. The van der Waals surface area contributed by atoms with Gasteiger partial charge in [0.2, 0.25) is 5.91 Å². The molecule has 4 amide bonds. The van der Waals surface area contributed by atoms with Crippen molar-refractivity contribution in [2.45, 2.75) is 63.1 Å². The molecule has 1 aromatic heterocycles. The minimum absolute atomic E-state index is 0.0333. The Morgan fingerprint density at radius 1 is 1.23 bits per heavy atom. The summed E-state index contributed by atoms with van der Waals surface area (Å²) in [7, 11) is -3.16. The Balaban J connectivity index is 1.55. The third kappa shape index (κ3) is 3.87. The summed E-state index contributed by atoms with van der Waals surface area (Å²) >= 11 is 1.37. The van der Waals surface area contributed by atoms with E-state index in [1.165, 1.54) is 11.3 Å². The third-order valence-electron chi connectivity index (χ3n) is 6.44. The van der Waals surface area contributed by atoms with Crippen LogP contribution in [0.5, 0.6) is 0 Å². The summed E-state index contributed by atoms with van der Waals surface area (Å²) in [6.07, 6.45) is 5.16. The van der Waals surface area contributed by atoms with E-state index in [0.29, 0.717) is 11.3 Å². The fourth-order valence-corrected chi connectivity index (χ4v) is 7.39. The molecular weight excluding hydrogens is 426 g/mol. The molecule has 0 bridgehead atoms. The van der Waals surface area contributed by atoms with Crippen LogP contribution in [0.4, 0.5) is 4.79 Å². The lowest BCUT2D eigenvalue weighted by Gasteiger charge is -2.38. The lowest BCUT2D eigenvalue weighted by atomic mass is 9.92. The standard InChI is InChI=1S/C20H27N3O5S2/c1-20(16-8-5-10-29-16)18(25)22(19(26)21-20)12-17(24)23(14-6-3-2-4-7-14)15-9-11-30(27,28)13-15/h5,8,10,14-15H,2-4,6-7,9,11-13H2,1H3,(H,21,26). The van der Waals surface area contributed by atoms with Gasteiger partial charge in [-0.1, -0.05) is 25.3 Å². The van der Waals surface area contributed by atoms with Gasteiger partial charge in [0.05, 0.1) is 11.5 Å². The molecule has 2 saturated heterocycles. The van der Waals surface area contributed by atoms with Gasteiger partial charge < -0.3 is 10.2 Å². The van der Waals surface area contributed by atoms with Gasteiger partial charge >= 0.3 is 6.03 Å². The monoisotopic (exact) mass is 453 g/mol. The zero-order chi connectivity index (χ0) is 21.5. The number of rotatable bonds is 5. The van der Waals surface area contributed by atoms with E-state index in [4.69, 9.17) is 0 Å². The van der Waals surface area contributed by atoms with E-state index in [1.807, 2.05) is 11.4 Å². The van der Waals surface area contributed by atoms with Gasteiger partial charge in [0, 0.05) is 17.0 Å². The second-order valence-corrected chi connectivity index (χ2v) is 11.7. The summed E-state index contributed by atoms with van der Waals surface area (Å²) < 4.78 is 24.1. The van der Waals surface area contributed by atoms with E-state index in [0.717, 1.165) is 37.0 Å². The highest BCUT2D eigenvalue weighted by Crippen LogP contribution is 2.33. The van der Waals surface area contributed by atoms with Gasteiger partial charge in [-0.2, -0.15) is 0 Å². The Bertz CT molecular complexity index is 940. The highest BCUT2D eigenvalue weighted by molar-refractivity contribution is 7.91. The average Bonchev–Trinajstić information content (AvgIpc) is 3.40. The molecule has 0 spiro atoms. The maximum absolute atomic E-state index is 13.3. The molecule has 3 heterocycles. The van der Waals surface area contributed by atoms with Crippen molar-refractivity contribution in [2.24, 2.45) is 0 Å². The van der Waals surface area contributed by atoms with Crippen molar-refractivity contribution in [3.8, 4) is 0 Å². The minimum Gasteiger partial charge on any atom is -0.334 e. The first-order valence-electron chi connectivity index (χ1n) is 10.4. The molecule has 1 aliphatic carbocycles. The molecule has 2 atom stereocenters. The molecule has 30 heavy (non-hydrogen) atoms. The first-order valence-corrected chi connectivity index (χ1v) is 13.1. The van der Waals surface area contributed by atoms with Crippen LogP contribution in [-0.4, -0.2) is 66.2 Å². The summed E-state index contributed by atoms with van der Waals surface area (Å²) in [4.78, 5) is 42.4. The first-order chi connectivity index (χ1) is 14.2. The van der Waals surface area contributed by atoms with Crippen LogP contribution in [-0.2, 0) is 25.0 Å². The first kappa shape index (κ1) is 21.3. The topological polar surface area (TPSA) is 104 Å². The van der Waals surface area contributed by atoms with Crippen molar-refractivity contribution >= 4 is 39.0 Å². The molecule has 3 aliphatic rings.